The Balaban J connectivity index is 1.55. The fourth-order valence-electron chi connectivity index (χ4n) is 7.08. The van der Waals surface area contributed by atoms with Crippen molar-refractivity contribution >= 4 is 17.4 Å². The van der Waals surface area contributed by atoms with Crippen LogP contribution in [0.1, 0.15) is 62.7 Å². The summed E-state index contributed by atoms with van der Waals surface area (Å²) in [4.78, 5) is 25.5. The molecule has 0 saturated heterocycles. The van der Waals surface area contributed by atoms with Crippen molar-refractivity contribution in [2.24, 2.45) is 34.5 Å². The summed E-state index contributed by atoms with van der Waals surface area (Å²) in [7, 11) is 0. The number of hydrogen-bond donors (Lipinski definition) is 2. The Morgan fingerprint density at radius 2 is 1.97 bits per heavy atom. The van der Waals surface area contributed by atoms with E-state index in [1.54, 1.807) is 0 Å². The highest BCUT2D eigenvalue weighted by molar-refractivity contribution is 6.18. The highest BCUT2D eigenvalue weighted by atomic mass is 16.4. The second kappa shape index (κ2) is 6.83. The maximum absolute atomic E-state index is 13.0. The van der Waals surface area contributed by atoms with E-state index in [-0.39, 0.29) is 17.1 Å². The standard InChI is InChI=1S/C26H31NO3/c1-25-13-6-5-7-16(25)10-11-17-19(25)12-14-26(2,24(29)30)20(17)15-22-23(28)18-8-3-4-9-21(18)27-22/h3-6,8-9,15-17,19-20,27H,7,10-14H2,1-2H3,(H,29,30)/b22-15+/t16-,17-,19+,20-,25-,26-/m0/s1. The SMILES string of the molecule is C[C@]12CC=CC[C@H]1CC[C@H]1[C@H]2CC[C@](C)(C(=O)O)[C@H]1/C=C1/Nc2ccccc2C1=O. The fourth-order valence-corrected chi connectivity index (χ4v) is 7.08. The van der Waals surface area contributed by atoms with Gasteiger partial charge in [0.1, 0.15) is 0 Å². The zero-order valence-electron chi connectivity index (χ0n) is 17.9. The monoisotopic (exact) mass is 405 g/mol. The van der Waals surface area contributed by atoms with Crippen LogP contribution in [0.4, 0.5) is 5.69 Å². The molecule has 2 fully saturated rings. The first-order valence-corrected chi connectivity index (χ1v) is 11.4. The Morgan fingerprint density at radius 3 is 2.73 bits per heavy atom. The highest BCUT2D eigenvalue weighted by Crippen LogP contribution is 2.62. The Bertz CT molecular complexity index is 963. The van der Waals surface area contributed by atoms with E-state index in [9.17, 15) is 14.7 Å². The van der Waals surface area contributed by atoms with Crippen molar-refractivity contribution in [2.75, 3.05) is 5.32 Å². The molecule has 1 aromatic carbocycles. The van der Waals surface area contributed by atoms with Crippen LogP contribution in [0, 0.1) is 34.5 Å². The molecule has 0 amide bonds. The van der Waals surface area contributed by atoms with Gasteiger partial charge in [-0.3, -0.25) is 9.59 Å². The molecule has 4 nitrogen and oxygen atoms in total. The number of allylic oxidation sites excluding steroid dienone is 4. The second-order valence-corrected chi connectivity index (χ2v) is 10.3. The number of carboxylic acid groups (broad SMARTS) is 1. The molecule has 6 atom stereocenters. The lowest BCUT2D eigenvalue weighted by Gasteiger charge is -2.59. The Kier molecular flexibility index (Phi) is 4.46. The molecule has 0 radical (unpaired) electrons. The van der Waals surface area contributed by atoms with E-state index in [0.29, 0.717) is 35.4 Å². The van der Waals surface area contributed by atoms with Gasteiger partial charge in [-0.05, 0) is 86.7 Å². The number of rotatable bonds is 2. The van der Waals surface area contributed by atoms with Crippen LogP contribution < -0.4 is 5.32 Å². The number of carbonyl (C=O) groups excluding carboxylic acids is 1. The van der Waals surface area contributed by atoms with Gasteiger partial charge in [-0.15, -0.1) is 0 Å². The fraction of sp³-hybridized carbons (Fsp3) is 0.538. The molecule has 1 aromatic rings. The van der Waals surface area contributed by atoms with E-state index in [0.717, 1.165) is 37.8 Å². The third-order valence-corrected chi connectivity index (χ3v) is 8.98. The van der Waals surface area contributed by atoms with Crippen molar-refractivity contribution in [3.8, 4) is 0 Å². The van der Waals surface area contributed by atoms with Crippen LogP contribution in [0.3, 0.4) is 0 Å². The van der Waals surface area contributed by atoms with Crippen molar-refractivity contribution in [3.05, 3.63) is 53.8 Å². The van der Waals surface area contributed by atoms with Crippen molar-refractivity contribution in [1.82, 2.24) is 0 Å². The topological polar surface area (TPSA) is 66.4 Å². The molecule has 30 heavy (non-hydrogen) atoms. The molecule has 0 bridgehead atoms. The van der Waals surface area contributed by atoms with E-state index in [4.69, 9.17) is 0 Å². The first-order valence-electron chi connectivity index (χ1n) is 11.4. The summed E-state index contributed by atoms with van der Waals surface area (Å²) in [5.41, 5.74) is 1.47. The molecule has 0 unspecified atom stereocenters. The minimum absolute atomic E-state index is 0.0130. The van der Waals surface area contributed by atoms with Gasteiger partial charge in [0, 0.05) is 11.3 Å². The lowest BCUT2D eigenvalue weighted by molar-refractivity contribution is -0.161. The van der Waals surface area contributed by atoms with Crippen molar-refractivity contribution in [1.29, 1.82) is 0 Å². The van der Waals surface area contributed by atoms with Crippen molar-refractivity contribution in [2.45, 2.75) is 52.4 Å². The number of para-hydroxylation sites is 1. The average Bonchev–Trinajstić information content (AvgIpc) is 3.05. The predicted octanol–water partition coefficient (Wildman–Crippen LogP) is 5.68. The molecule has 5 rings (SSSR count). The van der Waals surface area contributed by atoms with Crippen molar-refractivity contribution < 1.29 is 14.7 Å². The molecular formula is C26H31NO3. The molecule has 2 N–H and O–H groups in total. The molecule has 0 aromatic heterocycles. The third kappa shape index (κ3) is 2.72. The largest absolute Gasteiger partial charge is 0.481 e. The molecule has 1 heterocycles. The molecule has 4 heteroatoms. The Hall–Kier alpha value is -2.36. The first kappa shape index (κ1) is 19.6. The van der Waals surface area contributed by atoms with E-state index in [1.165, 1.54) is 0 Å². The van der Waals surface area contributed by atoms with Gasteiger partial charge < -0.3 is 10.4 Å². The van der Waals surface area contributed by atoms with E-state index in [1.807, 2.05) is 37.3 Å². The maximum Gasteiger partial charge on any atom is 0.309 e. The highest BCUT2D eigenvalue weighted by Gasteiger charge is 2.57. The number of hydrogen-bond acceptors (Lipinski definition) is 3. The molecular weight excluding hydrogens is 374 g/mol. The van der Waals surface area contributed by atoms with Crippen LogP contribution in [-0.4, -0.2) is 16.9 Å². The number of aliphatic carboxylic acids is 1. The summed E-state index contributed by atoms with van der Waals surface area (Å²) in [5.74, 6) is 0.621. The molecule has 158 valence electrons. The van der Waals surface area contributed by atoms with Crippen LogP contribution in [0.15, 0.2) is 48.2 Å². The van der Waals surface area contributed by atoms with Crippen LogP contribution in [0.25, 0.3) is 0 Å². The zero-order chi connectivity index (χ0) is 21.1. The quantitative estimate of drug-likeness (QED) is 0.491. The average molecular weight is 406 g/mol. The first-order chi connectivity index (χ1) is 14.3. The smallest absolute Gasteiger partial charge is 0.309 e. The number of Topliss-reactive ketones (excluding diaryl/α,β-unsaturated/α-hetero) is 1. The maximum atomic E-state index is 13.0. The van der Waals surface area contributed by atoms with Crippen LogP contribution in [0.5, 0.6) is 0 Å². The number of nitrogens with one attached hydrogen (secondary N) is 1. The van der Waals surface area contributed by atoms with Gasteiger partial charge in [-0.2, -0.15) is 0 Å². The van der Waals surface area contributed by atoms with Crippen LogP contribution >= 0.6 is 0 Å². The van der Waals surface area contributed by atoms with E-state index >= 15 is 0 Å². The number of carbonyl (C=O) groups is 2. The van der Waals surface area contributed by atoms with Gasteiger partial charge in [-0.25, -0.2) is 0 Å². The summed E-state index contributed by atoms with van der Waals surface area (Å²) in [6.07, 6.45) is 12.7. The second-order valence-electron chi connectivity index (χ2n) is 10.3. The van der Waals surface area contributed by atoms with Gasteiger partial charge in [0.2, 0.25) is 5.78 Å². The molecule has 1 aliphatic heterocycles. The summed E-state index contributed by atoms with van der Waals surface area (Å²) < 4.78 is 0. The third-order valence-electron chi connectivity index (χ3n) is 8.98. The number of anilines is 1. The normalized spacial score (nSPS) is 41.0. The summed E-state index contributed by atoms with van der Waals surface area (Å²) >= 11 is 0. The van der Waals surface area contributed by atoms with E-state index in [2.05, 4.69) is 24.4 Å². The van der Waals surface area contributed by atoms with Crippen molar-refractivity contribution in [3.63, 3.8) is 0 Å². The molecule has 0 spiro atoms. The molecule has 4 aliphatic rings. The number of carboxylic acids is 1. The Morgan fingerprint density at radius 1 is 1.17 bits per heavy atom. The summed E-state index contributed by atoms with van der Waals surface area (Å²) in [5, 5.41) is 13.5. The number of fused-ring (bicyclic) bond motifs is 4. The summed E-state index contributed by atoms with van der Waals surface area (Å²) in [6, 6.07) is 7.54. The lowest BCUT2D eigenvalue weighted by atomic mass is 9.45. The van der Waals surface area contributed by atoms with Gasteiger partial charge in [0.15, 0.2) is 0 Å². The van der Waals surface area contributed by atoms with Crippen LogP contribution in [-0.2, 0) is 4.79 Å². The lowest BCUT2D eigenvalue weighted by Crippen LogP contribution is -2.54. The Labute approximate surface area is 178 Å². The molecule has 2 saturated carbocycles. The minimum atomic E-state index is -0.835. The van der Waals surface area contributed by atoms with Gasteiger partial charge >= 0.3 is 5.97 Å². The number of ketones is 1. The van der Waals surface area contributed by atoms with Gasteiger partial charge in [0.05, 0.1) is 11.1 Å². The number of benzene rings is 1. The molecule has 3 aliphatic carbocycles. The van der Waals surface area contributed by atoms with Crippen LogP contribution in [0.2, 0.25) is 0 Å². The van der Waals surface area contributed by atoms with E-state index < -0.39 is 11.4 Å². The predicted molar refractivity (Wildman–Crippen MR) is 117 cm³/mol. The summed E-state index contributed by atoms with van der Waals surface area (Å²) in [6.45, 7) is 4.33. The van der Waals surface area contributed by atoms with Gasteiger partial charge in [-0.1, -0.05) is 37.3 Å². The minimum Gasteiger partial charge on any atom is -0.481 e. The van der Waals surface area contributed by atoms with Gasteiger partial charge in [0.25, 0.3) is 0 Å². The zero-order valence-corrected chi connectivity index (χ0v) is 17.9.